The van der Waals surface area contributed by atoms with Crippen molar-refractivity contribution in [2.24, 2.45) is 16.8 Å². The lowest BCUT2D eigenvalue weighted by atomic mass is 9.86. The molecular weight excluding hydrogens is 248 g/mol. The van der Waals surface area contributed by atoms with Crippen molar-refractivity contribution in [1.29, 1.82) is 0 Å². The van der Waals surface area contributed by atoms with Gasteiger partial charge in [-0.2, -0.15) is 0 Å². The zero-order valence-electron chi connectivity index (χ0n) is 12.4. The predicted octanol–water partition coefficient (Wildman–Crippen LogP) is 3.91. The molecular formula is C17H24N2O. The van der Waals surface area contributed by atoms with Gasteiger partial charge in [0.2, 0.25) is 5.91 Å². The molecule has 0 bridgehead atoms. The second-order valence-corrected chi connectivity index (χ2v) is 5.88. The first kappa shape index (κ1) is 14.8. The van der Waals surface area contributed by atoms with Crippen LogP contribution < -0.4 is 5.32 Å². The van der Waals surface area contributed by atoms with Crippen LogP contribution in [0.4, 0.5) is 5.69 Å². The monoisotopic (exact) mass is 272 g/mol. The first-order valence-corrected chi connectivity index (χ1v) is 7.56. The van der Waals surface area contributed by atoms with E-state index in [1.54, 1.807) is 0 Å². The van der Waals surface area contributed by atoms with Crippen LogP contribution >= 0.6 is 0 Å². The average Bonchev–Trinajstić information content (AvgIpc) is 2.46. The van der Waals surface area contributed by atoms with E-state index >= 15 is 0 Å². The first-order valence-electron chi connectivity index (χ1n) is 7.56. The summed E-state index contributed by atoms with van der Waals surface area (Å²) in [5.74, 6) is 0.600. The van der Waals surface area contributed by atoms with Gasteiger partial charge < -0.3 is 5.32 Å². The fourth-order valence-corrected chi connectivity index (χ4v) is 2.52. The fourth-order valence-electron chi connectivity index (χ4n) is 2.52. The molecule has 1 atom stereocenters. The summed E-state index contributed by atoms with van der Waals surface area (Å²) in [5.41, 5.74) is 1.96. The number of rotatable bonds is 4. The Morgan fingerprint density at radius 2 is 2.05 bits per heavy atom. The van der Waals surface area contributed by atoms with E-state index < -0.39 is 0 Å². The Balaban J connectivity index is 2.04. The number of aliphatic imine (C=N–C) groups is 1. The zero-order chi connectivity index (χ0) is 14.4. The molecule has 1 aromatic rings. The summed E-state index contributed by atoms with van der Waals surface area (Å²) < 4.78 is 0. The quantitative estimate of drug-likeness (QED) is 0.887. The summed E-state index contributed by atoms with van der Waals surface area (Å²) >= 11 is 0. The van der Waals surface area contributed by atoms with Crippen LogP contribution in [0.1, 0.15) is 39.5 Å². The maximum absolute atomic E-state index is 12.4. The van der Waals surface area contributed by atoms with Crippen LogP contribution in [0.15, 0.2) is 35.3 Å². The lowest BCUT2D eigenvalue weighted by molar-refractivity contribution is -0.118. The van der Waals surface area contributed by atoms with E-state index in [9.17, 15) is 4.79 Å². The Morgan fingerprint density at radius 1 is 1.30 bits per heavy atom. The summed E-state index contributed by atoms with van der Waals surface area (Å²) in [6, 6.07) is 9.66. The number of carbonyl (C=O) groups excluding carboxylic acids is 1. The van der Waals surface area contributed by atoms with Gasteiger partial charge >= 0.3 is 0 Å². The Kier molecular flexibility index (Phi) is 5.33. The van der Waals surface area contributed by atoms with Crippen molar-refractivity contribution in [2.75, 3.05) is 11.9 Å². The van der Waals surface area contributed by atoms with E-state index in [0.717, 1.165) is 43.6 Å². The number of benzene rings is 1. The van der Waals surface area contributed by atoms with E-state index in [1.807, 2.05) is 30.3 Å². The van der Waals surface area contributed by atoms with E-state index in [2.05, 4.69) is 24.2 Å². The molecule has 108 valence electrons. The van der Waals surface area contributed by atoms with Crippen LogP contribution in [0.25, 0.3) is 0 Å². The summed E-state index contributed by atoms with van der Waals surface area (Å²) in [4.78, 5) is 17.1. The molecule has 1 amide bonds. The Bertz CT molecular complexity index is 465. The Labute approximate surface area is 121 Å². The third-order valence-electron chi connectivity index (χ3n) is 3.60. The SMILES string of the molecule is CC(C)CN=C1CCCCC1C(=O)Nc1ccccc1. The highest BCUT2D eigenvalue weighted by atomic mass is 16.1. The molecule has 20 heavy (non-hydrogen) atoms. The molecule has 0 spiro atoms. The predicted molar refractivity (Wildman–Crippen MR) is 84.2 cm³/mol. The van der Waals surface area contributed by atoms with Crippen LogP contribution in [-0.2, 0) is 4.79 Å². The van der Waals surface area contributed by atoms with Gasteiger partial charge in [-0.3, -0.25) is 9.79 Å². The second kappa shape index (κ2) is 7.22. The van der Waals surface area contributed by atoms with Crippen molar-refractivity contribution in [1.82, 2.24) is 0 Å². The van der Waals surface area contributed by atoms with Gasteiger partial charge in [0, 0.05) is 17.9 Å². The summed E-state index contributed by atoms with van der Waals surface area (Å²) in [6.45, 7) is 5.14. The van der Waals surface area contributed by atoms with Crippen molar-refractivity contribution in [2.45, 2.75) is 39.5 Å². The minimum atomic E-state index is -0.0392. The molecule has 0 heterocycles. The Morgan fingerprint density at radius 3 is 2.75 bits per heavy atom. The molecule has 1 unspecified atom stereocenters. The van der Waals surface area contributed by atoms with Gasteiger partial charge in [-0.05, 0) is 37.3 Å². The number of nitrogens with zero attached hydrogens (tertiary/aromatic N) is 1. The minimum absolute atomic E-state index is 0.0392. The smallest absolute Gasteiger partial charge is 0.233 e. The highest BCUT2D eigenvalue weighted by molar-refractivity contribution is 6.09. The lowest BCUT2D eigenvalue weighted by Gasteiger charge is -2.24. The van der Waals surface area contributed by atoms with Gasteiger partial charge in [-0.1, -0.05) is 38.5 Å². The molecule has 1 aromatic carbocycles. The van der Waals surface area contributed by atoms with Gasteiger partial charge in [0.05, 0.1) is 5.92 Å². The number of para-hydroxylation sites is 1. The molecule has 0 radical (unpaired) electrons. The maximum Gasteiger partial charge on any atom is 0.233 e. The standard InChI is InChI=1S/C17H24N2O/c1-13(2)12-18-16-11-7-6-10-15(16)17(20)19-14-8-4-3-5-9-14/h3-5,8-9,13,15H,6-7,10-12H2,1-2H3,(H,19,20). The third-order valence-corrected chi connectivity index (χ3v) is 3.60. The highest BCUT2D eigenvalue weighted by Crippen LogP contribution is 2.24. The number of amides is 1. The van der Waals surface area contributed by atoms with E-state index in [4.69, 9.17) is 0 Å². The normalized spacial score (nSPS) is 21.1. The van der Waals surface area contributed by atoms with E-state index in [0.29, 0.717) is 5.92 Å². The van der Waals surface area contributed by atoms with Gasteiger partial charge in [0.15, 0.2) is 0 Å². The van der Waals surface area contributed by atoms with Gasteiger partial charge in [0.1, 0.15) is 0 Å². The molecule has 0 saturated heterocycles. The zero-order valence-corrected chi connectivity index (χ0v) is 12.4. The molecule has 1 aliphatic carbocycles. The van der Waals surface area contributed by atoms with Crippen LogP contribution in [0, 0.1) is 11.8 Å². The average molecular weight is 272 g/mol. The van der Waals surface area contributed by atoms with Gasteiger partial charge in [0.25, 0.3) is 0 Å². The third kappa shape index (κ3) is 4.19. The van der Waals surface area contributed by atoms with E-state index in [1.165, 1.54) is 0 Å². The number of carbonyl (C=O) groups is 1. The van der Waals surface area contributed by atoms with Crippen molar-refractivity contribution in [3.8, 4) is 0 Å². The van der Waals surface area contributed by atoms with E-state index in [-0.39, 0.29) is 11.8 Å². The molecule has 3 heteroatoms. The number of anilines is 1. The lowest BCUT2D eigenvalue weighted by Crippen LogP contribution is -2.32. The molecule has 2 rings (SSSR count). The fraction of sp³-hybridized carbons (Fsp3) is 0.529. The molecule has 3 nitrogen and oxygen atoms in total. The van der Waals surface area contributed by atoms with Crippen LogP contribution in [0.2, 0.25) is 0 Å². The topological polar surface area (TPSA) is 41.5 Å². The molecule has 0 aliphatic heterocycles. The van der Waals surface area contributed by atoms with Gasteiger partial charge in [-0.15, -0.1) is 0 Å². The minimum Gasteiger partial charge on any atom is -0.326 e. The number of nitrogens with one attached hydrogen (secondary N) is 1. The summed E-state index contributed by atoms with van der Waals surface area (Å²) in [6.07, 6.45) is 4.18. The number of hydrogen-bond acceptors (Lipinski definition) is 2. The van der Waals surface area contributed by atoms with Gasteiger partial charge in [-0.25, -0.2) is 0 Å². The van der Waals surface area contributed by atoms with Crippen molar-refractivity contribution in [3.63, 3.8) is 0 Å². The van der Waals surface area contributed by atoms with Crippen molar-refractivity contribution < 1.29 is 4.79 Å². The molecule has 1 saturated carbocycles. The molecule has 1 N–H and O–H groups in total. The van der Waals surface area contributed by atoms with Crippen molar-refractivity contribution >= 4 is 17.3 Å². The summed E-state index contributed by atoms with van der Waals surface area (Å²) in [5, 5.41) is 3.01. The van der Waals surface area contributed by atoms with Crippen LogP contribution in [0.3, 0.4) is 0 Å². The van der Waals surface area contributed by atoms with Crippen LogP contribution in [0.5, 0.6) is 0 Å². The molecule has 1 fully saturated rings. The van der Waals surface area contributed by atoms with Crippen LogP contribution in [-0.4, -0.2) is 18.2 Å². The largest absolute Gasteiger partial charge is 0.326 e. The second-order valence-electron chi connectivity index (χ2n) is 5.88. The maximum atomic E-state index is 12.4. The molecule has 0 aromatic heterocycles. The summed E-state index contributed by atoms with van der Waals surface area (Å²) in [7, 11) is 0. The Hall–Kier alpha value is -1.64. The highest BCUT2D eigenvalue weighted by Gasteiger charge is 2.27. The first-order chi connectivity index (χ1) is 9.66. The van der Waals surface area contributed by atoms with Crippen molar-refractivity contribution in [3.05, 3.63) is 30.3 Å². The molecule has 1 aliphatic rings. The number of hydrogen-bond donors (Lipinski definition) is 1.